The summed E-state index contributed by atoms with van der Waals surface area (Å²) >= 11 is 8.89. The monoisotopic (exact) mass is 342 g/mol. The molecule has 1 rings (SSSR count). The lowest BCUT2D eigenvalue weighted by molar-refractivity contribution is -0.142. The molecule has 0 atom stereocenters. The van der Waals surface area contributed by atoms with Gasteiger partial charge < -0.3 is 9.47 Å². The van der Waals surface area contributed by atoms with Gasteiger partial charge in [-0.3, -0.25) is 4.79 Å². The van der Waals surface area contributed by atoms with Gasteiger partial charge in [-0.05, 0) is 40.5 Å². The predicted molar refractivity (Wildman–Crippen MR) is 66.1 cm³/mol. The average molecular weight is 344 g/mol. The zero-order valence-corrected chi connectivity index (χ0v) is 11.7. The number of halogens is 4. The first kappa shape index (κ1) is 15.2. The SMILES string of the molecule is CCOC(=O)Cc1cc(Br)c(Cl)c(OC(F)F)c1. The fourth-order valence-electron chi connectivity index (χ4n) is 1.28. The van der Waals surface area contributed by atoms with Crippen molar-refractivity contribution in [3.05, 3.63) is 27.2 Å². The van der Waals surface area contributed by atoms with E-state index >= 15 is 0 Å². The van der Waals surface area contributed by atoms with Crippen LogP contribution in [-0.4, -0.2) is 19.2 Å². The second kappa shape index (κ2) is 6.89. The van der Waals surface area contributed by atoms with Crippen molar-refractivity contribution in [2.75, 3.05) is 6.61 Å². The van der Waals surface area contributed by atoms with Gasteiger partial charge in [0.2, 0.25) is 0 Å². The Balaban J connectivity index is 2.93. The van der Waals surface area contributed by atoms with Crippen molar-refractivity contribution in [2.24, 2.45) is 0 Å². The van der Waals surface area contributed by atoms with Crippen molar-refractivity contribution >= 4 is 33.5 Å². The van der Waals surface area contributed by atoms with Crippen molar-refractivity contribution in [1.82, 2.24) is 0 Å². The molecular weight excluding hydrogens is 333 g/mol. The van der Waals surface area contributed by atoms with Gasteiger partial charge in [0.25, 0.3) is 0 Å². The summed E-state index contributed by atoms with van der Waals surface area (Å²) in [5, 5.41) is 0.0305. The molecule has 0 fully saturated rings. The highest BCUT2D eigenvalue weighted by Crippen LogP contribution is 2.34. The predicted octanol–water partition coefficient (Wildman–Crippen LogP) is 3.81. The molecule has 0 saturated heterocycles. The normalized spacial score (nSPS) is 10.6. The molecule has 0 spiro atoms. The van der Waals surface area contributed by atoms with Crippen LogP contribution in [0.5, 0.6) is 5.75 Å². The zero-order chi connectivity index (χ0) is 13.7. The van der Waals surface area contributed by atoms with Crippen LogP contribution in [0.15, 0.2) is 16.6 Å². The number of carbonyl (C=O) groups is 1. The maximum Gasteiger partial charge on any atom is 0.387 e. The molecule has 0 aliphatic carbocycles. The first-order valence-corrected chi connectivity index (χ1v) is 6.19. The van der Waals surface area contributed by atoms with Crippen molar-refractivity contribution in [3.8, 4) is 5.75 Å². The van der Waals surface area contributed by atoms with Gasteiger partial charge >= 0.3 is 12.6 Å². The fraction of sp³-hybridized carbons (Fsp3) is 0.364. The smallest absolute Gasteiger partial charge is 0.387 e. The van der Waals surface area contributed by atoms with E-state index in [-0.39, 0.29) is 23.8 Å². The van der Waals surface area contributed by atoms with E-state index in [9.17, 15) is 13.6 Å². The summed E-state index contributed by atoms with van der Waals surface area (Å²) in [6.45, 7) is -1.04. The van der Waals surface area contributed by atoms with E-state index in [4.69, 9.17) is 16.3 Å². The van der Waals surface area contributed by atoms with Gasteiger partial charge in [0.15, 0.2) is 0 Å². The Morgan fingerprint density at radius 3 is 2.72 bits per heavy atom. The summed E-state index contributed by atoms with van der Waals surface area (Å²) < 4.78 is 33.7. The molecule has 0 bridgehead atoms. The molecule has 0 N–H and O–H groups in total. The third kappa shape index (κ3) is 4.42. The van der Waals surface area contributed by atoms with Gasteiger partial charge in [0.05, 0.1) is 18.1 Å². The van der Waals surface area contributed by atoms with Gasteiger partial charge in [-0.1, -0.05) is 11.6 Å². The molecule has 7 heteroatoms. The molecule has 0 heterocycles. The Labute approximate surface area is 116 Å². The number of esters is 1. The van der Waals surface area contributed by atoms with E-state index in [0.717, 1.165) is 0 Å². The lowest BCUT2D eigenvalue weighted by Crippen LogP contribution is -2.08. The Morgan fingerprint density at radius 1 is 1.50 bits per heavy atom. The van der Waals surface area contributed by atoms with Gasteiger partial charge in [-0.15, -0.1) is 0 Å². The van der Waals surface area contributed by atoms with Crippen LogP contribution in [0.4, 0.5) is 8.78 Å². The molecule has 0 unspecified atom stereocenters. The van der Waals surface area contributed by atoms with E-state index < -0.39 is 12.6 Å². The minimum atomic E-state index is -2.98. The molecule has 1 aromatic rings. The number of rotatable bonds is 5. The fourth-order valence-corrected chi connectivity index (χ4v) is 1.92. The van der Waals surface area contributed by atoms with E-state index in [1.807, 2.05) is 0 Å². The number of hydrogen-bond acceptors (Lipinski definition) is 3. The maximum atomic E-state index is 12.2. The average Bonchev–Trinajstić information content (AvgIpc) is 2.24. The van der Waals surface area contributed by atoms with Crippen molar-refractivity contribution in [2.45, 2.75) is 20.0 Å². The molecule has 3 nitrogen and oxygen atoms in total. The molecule has 0 saturated carbocycles. The minimum absolute atomic E-state index is 0.0305. The molecule has 0 aliphatic rings. The van der Waals surface area contributed by atoms with Crippen molar-refractivity contribution < 1.29 is 23.0 Å². The van der Waals surface area contributed by atoms with E-state index in [1.54, 1.807) is 13.0 Å². The Hall–Kier alpha value is -0.880. The van der Waals surface area contributed by atoms with Gasteiger partial charge in [-0.25, -0.2) is 0 Å². The first-order valence-electron chi connectivity index (χ1n) is 5.02. The highest BCUT2D eigenvalue weighted by molar-refractivity contribution is 9.10. The third-order valence-electron chi connectivity index (χ3n) is 1.92. The van der Waals surface area contributed by atoms with Gasteiger partial charge in [0.1, 0.15) is 5.75 Å². The molecular formula is C11H10BrClF2O3. The summed E-state index contributed by atoms with van der Waals surface area (Å²) in [7, 11) is 0. The Kier molecular flexibility index (Phi) is 5.81. The zero-order valence-electron chi connectivity index (χ0n) is 9.38. The van der Waals surface area contributed by atoms with E-state index in [1.165, 1.54) is 6.07 Å². The third-order valence-corrected chi connectivity index (χ3v) is 3.17. The van der Waals surface area contributed by atoms with Crippen LogP contribution < -0.4 is 4.74 Å². The second-order valence-electron chi connectivity index (χ2n) is 3.25. The summed E-state index contributed by atoms with van der Waals surface area (Å²) in [4.78, 5) is 11.3. The maximum absolute atomic E-state index is 12.2. The highest BCUT2D eigenvalue weighted by Gasteiger charge is 2.14. The van der Waals surface area contributed by atoms with Crippen LogP contribution in [0.1, 0.15) is 12.5 Å². The Bertz CT molecular complexity index is 441. The minimum Gasteiger partial charge on any atom is -0.466 e. The lowest BCUT2D eigenvalue weighted by atomic mass is 10.1. The van der Waals surface area contributed by atoms with Gasteiger partial charge in [-0.2, -0.15) is 8.78 Å². The molecule has 0 radical (unpaired) electrons. The van der Waals surface area contributed by atoms with Crippen LogP contribution in [0.2, 0.25) is 5.02 Å². The molecule has 100 valence electrons. The van der Waals surface area contributed by atoms with Crippen molar-refractivity contribution in [3.63, 3.8) is 0 Å². The number of hydrogen-bond donors (Lipinski definition) is 0. The van der Waals surface area contributed by atoms with Gasteiger partial charge in [0, 0.05) is 4.47 Å². The largest absolute Gasteiger partial charge is 0.466 e. The van der Waals surface area contributed by atoms with Crippen LogP contribution >= 0.6 is 27.5 Å². The number of ether oxygens (including phenoxy) is 2. The van der Waals surface area contributed by atoms with Crippen molar-refractivity contribution in [1.29, 1.82) is 0 Å². The number of benzene rings is 1. The van der Waals surface area contributed by atoms with Crippen LogP contribution in [-0.2, 0) is 16.0 Å². The Morgan fingerprint density at radius 2 is 2.17 bits per heavy atom. The second-order valence-corrected chi connectivity index (χ2v) is 4.48. The molecule has 0 aliphatic heterocycles. The molecule has 0 aromatic heterocycles. The quantitative estimate of drug-likeness (QED) is 0.763. The molecule has 18 heavy (non-hydrogen) atoms. The molecule has 0 amide bonds. The van der Waals surface area contributed by atoms with E-state index in [2.05, 4.69) is 20.7 Å². The van der Waals surface area contributed by atoms with Crippen LogP contribution in [0, 0.1) is 0 Å². The number of carbonyl (C=O) groups excluding carboxylic acids is 1. The highest BCUT2D eigenvalue weighted by atomic mass is 79.9. The topological polar surface area (TPSA) is 35.5 Å². The summed E-state index contributed by atoms with van der Waals surface area (Å²) in [5.41, 5.74) is 0.473. The van der Waals surface area contributed by atoms with Crippen LogP contribution in [0.25, 0.3) is 0 Å². The summed E-state index contributed by atoms with van der Waals surface area (Å²) in [5.74, 6) is -0.630. The number of alkyl halides is 2. The lowest BCUT2D eigenvalue weighted by Gasteiger charge is -2.10. The van der Waals surface area contributed by atoms with Crippen LogP contribution in [0.3, 0.4) is 0 Å². The summed E-state index contributed by atoms with van der Waals surface area (Å²) in [6, 6.07) is 2.84. The standard InChI is InChI=1S/C11H10BrClF2O3/c1-2-17-9(16)5-6-3-7(12)10(13)8(4-6)18-11(14)15/h3-4,11H,2,5H2,1H3. The molecule has 1 aromatic carbocycles. The summed E-state index contributed by atoms with van der Waals surface area (Å²) in [6.07, 6.45) is -0.0385. The first-order chi connectivity index (χ1) is 8.43. The van der Waals surface area contributed by atoms with E-state index in [0.29, 0.717) is 10.0 Å².